The van der Waals surface area contributed by atoms with E-state index in [4.69, 9.17) is 4.74 Å². The van der Waals surface area contributed by atoms with Gasteiger partial charge >= 0.3 is 0 Å². The third kappa shape index (κ3) is 3.64. The number of ether oxygens (including phenoxy) is 1. The first-order valence-electron chi connectivity index (χ1n) is 6.29. The van der Waals surface area contributed by atoms with Crippen LogP contribution in [0, 0.1) is 0 Å². The van der Waals surface area contributed by atoms with Gasteiger partial charge in [-0.3, -0.25) is 9.48 Å². The Balaban J connectivity index is 2.31. The van der Waals surface area contributed by atoms with Crippen molar-refractivity contribution in [3.8, 4) is 5.88 Å². The van der Waals surface area contributed by atoms with Crippen molar-refractivity contribution in [2.45, 2.75) is 6.54 Å². The van der Waals surface area contributed by atoms with E-state index in [1.54, 1.807) is 10.9 Å². The Morgan fingerprint density at radius 2 is 2.19 bits per heavy atom. The number of halogens is 1. The Labute approximate surface area is 131 Å². The molecule has 21 heavy (non-hydrogen) atoms. The summed E-state index contributed by atoms with van der Waals surface area (Å²) in [7, 11) is 5.43. The molecule has 8 heteroatoms. The smallest absolute Gasteiger partial charge is 0.230 e. The number of hydrogen-bond donors (Lipinski definition) is 0. The molecule has 0 radical (unpaired) electrons. The van der Waals surface area contributed by atoms with Crippen molar-refractivity contribution in [1.29, 1.82) is 0 Å². The molecule has 2 heterocycles. The highest BCUT2D eigenvalue weighted by Crippen LogP contribution is 2.20. The van der Waals surface area contributed by atoms with Crippen LogP contribution >= 0.6 is 15.9 Å². The Morgan fingerprint density at radius 1 is 1.43 bits per heavy atom. The first-order chi connectivity index (χ1) is 10.0. The second kappa shape index (κ2) is 6.77. The summed E-state index contributed by atoms with van der Waals surface area (Å²) >= 11 is 3.37. The Bertz CT molecular complexity index is 641. The normalized spacial score (nSPS) is 10.9. The van der Waals surface area contributed by atoms with Gasteiger partial charge in [0.1, 0.15) is 17.7 Å². The van der Waals surface area contributed by atoms with Gasteiger partial charge in [0.25, 0.3) is 0 Å². The largest absolute Gasteiger partial charge is 0.481 e. The quantitative estimate of drug-likeness (QED) is 0.727. The van der Waals surface area contributed by atoms with Crippen LogP contribution in [0.25, 0.3) is 0 Å². The average molecular weight is 354 g/mol. The summed E-state index contributed by atoms with van der Waals surface area (Å²) in [6, 6.07) is 1.51. The Kier molecular flexibility index (Phi) is 5.03. The maximum atomic E-state index is 12.6. The molecule has 7 nitrogen and oxygen atoms in total. The summed E-state index contributed by atoms with van der Waals surface area (Å²) in [5.74, 6) is 0.127. The Morgan fingerprint density at radius 3 is 2.86 bits per heavy atom. The highest BCUT2D eigenvalue weighted by Gasteiger charge is 2.20. The number of rotatable bonds is 6. The van der Waals surface area contributed by atoms with Crippen molar-refractivity contribution in [2.75, 3.05) is 27.7 Å². The molecule has 0 bridgehead atoms. The van der Waals surface area contributed by atoms with E-state index in [2.05, 4.69) is 31.0 Å². The third-order valence-electron chi connectivity index (χ3n) is 2.85. The summed E-state index contributed by atoms with van der Waals surface area (Å²) in [4.78, 5) is 22.5. The van der Waals surface area contributed by atoms with Crippen molar-refractivity contribution in [3.63, 3.8) is 0 Å². The molecule has 0 unspecified atom stereocenters. The third-order valence-corrected chi connectivity index (χ3v) is 3.43. The number of aromatic nitrogens is 4. The molecule has 0 atom stereocenters. The van der Waals surface area contributed by atoms with Crippen LogP contribution in [-0.2, 0) is 6.54 Å². The number of carbonyl (C=O) groups is 1. The van der Waals surface area contributed by atoms with Crippen LogP contribution < -0.4 is 4.74 Å². The topological polar surface area (TPSA) is 73.1 Å². The molecule has 0 aliphatic heterocycles. The van der Waals surface area contributed by atoms with E-state index < -0.39 is 0 Å². The lowest BCUT2D eigenvalue weighted by Crippen LogP contribution is -2.22. The summed E-state index contributed by atoms with van der Waals surface area (Å²) in [5, 5.41) is 4.22. The zero-order chi connectivity index (χ0) is 15.4. The van der Waals surface area contributed by atoms with Crippen molar-refractivity contribution >= 4 is 21.7 Å². The average Bonchev–Trinajstić information content (AvgIpc) is 2.85. The van der Waals surface area contributed by atoms with Crippen LogP contribution in [0.2, 0.25) is 0 Å². The van der Waals surface area contributed by atoms with Gasteiger partial charge in [0.15, 0.2) is 0 Å². The molecule has 0 saturated carbocycles. The van der Waals surface area contributed by atoms with Crippen molar-refractivity contribution in [1.82, 2.24) is 24.6 Å². The lowest BCUT2D eigenvalue weighted by Gasteiger charge is -2.11. The molecule has 2 rings (SSSR count). The van der Waals surface area contributed by atoms with Gasteiger partial charge in [-0.15, -0.1) is 0 Å². The minimum absolute atomic E-state index is 0.223. The highest BCUT2D eigenvalue weighted by atomic mass is 79.9. The molecule has 0 spiro atoms. The van der Waals surface area contributed by atoms with Crippen LogP contribution in [0.1, 0.15) is 16.2 Å². The number of hydrogen-bond acceptors (Lipinski definition) is 6. The second-order valence-electron chi connectivity index (χ2n) is 4.64. The zero-order valence-corrected chi connectivity index (χ0v) is 13.7. The van der Waals surface area contributed by atoms with Gasteiger partial charge < -0.3 is 9.64 Å². The van der Waals surface area contributed by atoms with Gasteiger partial charge in [0.05, 0.1) is 24.3 Å². The van der Waals surface area contributed by atoms with Gasteiger partial charge in [-0.25, -0.2) is 9.97 Å². The number of methoxy groups -OCH3 is 1. The number of likely N-dealkylation sites (N-methyl/N-ethyl adjacent to an activating group) is 1. The Hall–Kier alpha value is -1.80. The fourth-order valence-electron chi connectivity index (χ4n) is 1.75. The van der Waals surface area contributed by atoms with E-state index in [9.17, 15) is 4.79 Å². The molecule has 0 saturated heterocycles. The number of ketones is 1. The van der Waals surface area contributed by atoms with E-state index in [0.29, 0.717) is 22.6 Å². The first kappa shape index (κ1) is 15.6. The van der Waals surface area contributed by atoms with Gasteiger partial charge in [0.2, 0.25) is 11.7 Å². The highest BCUT2D eigenvalue weighted by molar-refractivity contribution is 9.10. The first-order valence-corrected chi connectivity index (χ1v) is 7.09. The molecule has 2 aromatic rings. The molecule has 0 aromatic carbocycles. The molecular formula is C13H16BrN5O2. The lowest BCUT2D eigenvalue weighted by molar-refractivity contribution is 0.102. The SMILES string of the molecule is COc1cc(C(=O)c2c(Br)cnn2CCN(C)C)ncn1. The minimum atomic E-state index is -0.223. The molecule has 0 amide bonds. The molecule has 0 aliphatic carbocycles. The number of carbonyl (C=O) groups excluding carboxylic acids is 1. The summed E-state index contributed by atoms with van der Waals surface area (Å²) < 4.78 is 7.33. The van der Waals surface area contributed by atoms with E-state index in [1.165, 1.54) is 19.5 Å². The van der Waals surface area contributed by atoms with Crippen LogP contribution in [0.5, 0.6) is 5.88 Å². The molecule has 2 aromatic heterocycles. The maximum Gasteiger partial charge on any atom is 0.230 e. The van der Waals surface area contributed by atoms with Gasteiger partial charge in [0, 0.05) is 12.6 Å². The van der Waals surface area contributed by atoms with Crippen molar-refractivity contribution in [2.24, 2.45) is 0 Å². The second-order valence-corrected chi connectivity index (χ2v) is 5.50. The number of nitrogens with zero attached hydrogens (tertiary/aromatic N) is 5. The van der Waals surface area contributed by atoms with Crippen LogP contribution in [-0.4, -0.2) is 58.2 Å². The fourth-order valence-corrected chi connectivity index (χ4v) is 2.23. The molecule has 112 valence electrons. The lowest BCUT2D eigenvalue weighted by atomic mass is 10.2. The molecule has 0 aliphatic rings. The molecule has 0 fully saturated rings. The summed E-state index contributed by atoms with van der Waals surface area (Å²) in [6.45, 7) is 1.39. The van der Waals surface area contributed by atoms with E-state index >= 15 is 0 Å². The van der Waals surface area contributed by atoms with Gasteiger partial charge in [-0.1, -0.05) is 0 Å². The van der Waals surface area contributed by atoms with Crippen LogP contribution in [0.15, 0.2) is 23.1 Å². The molecular weight excluding hydrogens is 338 g/mol. The minimum Gasteiger partial charge on any atom is -0.481 e. The van der Waals surface area contributed by atoms with E-state index in [0.717, 1.165) is 6.54 Å². The predicted molar refractivity (Wildman–Crippen MR) is 80.5 cm³/mol. The maximum absolute atomic E-state index is 12.6. The standard InChI is InChI=1S/C13H16BrN5O2/c1-18(2)4-5-19-12(9(14)7-17-19)13(20)10-6-11(21-3)16-8-15-10/h6-8H,4-5H2,1-3H3. The summed E-state index contributed by atoms with van der Waals surface area (Å²) in [6.07, 6.45) is 2.92. The van der Waals surface area contributed by atoms with Gasteiger partial charge in [-0.05, 0) is 30.0 Å². The van der Waals surface area contributed by atoms with E-state index in [-0.39, 0.29) is 11.5 Å². The zero-order valence-electron chi connectivity index (χ0n) is 12.1. The van der Waals surface area contributed by atoms with Gasteiger partial charge in [-0.2, -0.15) is 5.10 Å². The fraction of sp³-hybridized carbons (Fsp3) is 0.385. The van der Waals surface area contributed by atoms with Crippen LogP contribution in [0.3, 0.4) is 0 Å². The van der Waals surface area contributed by atoms with E-state index in [1.807, 2.05) is 19.0 Å². The predicted octanol–water partition coefficient (Wildman–Crippen LogP) is 1.24. The summed E-state index contributed by atoms with van der Waals surface area (Å²) in [5.41, 5.74) is 0.742. The molecule has 0 N–H and O–H groups in total. The van der Waals surface area contributed by atoms with Crippen LogP contribution in [0.4, 0.5) is 0 Å². The van der Waals surface area contributed by atoms with Crippen molar-refractivity contribution < 1.29 is 9.53 Å². The van der Waals surface area contributed by atoms with Crippen molar-refractivity contribution in [3.05, 3.63) is 34.5 Å². The monoisotopic (exact) mass is 353 g/mol.